The molecule has 0 N–H and O–H groups in total. The zero-order valence-corrected chi connectivity index (χ0v) is 11.3. The molecular formula is C11H5BrCl2F2O. The number of benzene rings is 1. The third-order valence-electron chi connectivity index (χ3n) is 2.16. The van der Waals surface area contributed by atoms with Gasteiger partial charge in [-0.3, -0.25) is 0 Å². The van der Waals surface area contributed by atoms with Gasteiger partial charge in [-0.1, -0.05) is 27.5 Å². The molecule has 0 amide bonds. The molecular weight excluding hydrogens is 337 g/mol. The summed E-state index contributed by atoms with van der Waals surface area (Å²) in [7, 11) is 0. The second-order valence-electron chi connectivity index (χ2n) is 3.29. The summed E-state index contributed by atoms with van der Waals surface area (Å²) in [6.45, 7) is 0. The van der Waals surface area contributed by atoms with Crippen molar-refractivity contribution in [1.82, 2.24) is 0 Å². The summed E-state index contributed by atoms with van der Waals surface area (Å²) >= 11 is 14.8. The first-order valence-electron chi connectivity index (χ1n) is 4.53. The molecule has 1 nitrogen and oxygen atoms in total. The van der Waals surface area contributed by atoms with E-state index < -0.39 is 16.5 Å². The van der Waals surface area contributed by atoms with Gasteiger partial charge in [-0.15, -0.1) is 0 Å². The highest BCUT2D eigenvalue weighted by atomic mass is 79.9. The van der Waals surface area contributed by atoms with Crippen LogP contribution in [0.4, 0.5) is 8.78 Å². The molecule has 0 spiro atoms. The van der Waals surface area contributed by atoms with Gasteiger partial charge in [0.15, 0.2) is 16.9 Å². The lowest BCUT2D eigenvalue weighted by Crippen LogP contribution is -1.95. The van der Waals surface area contributed by atoms with Gasteiger partial charge in [0.2, 0.25) is 0 Å². The molecule has 1 aromatic carbocycles. The van der Waals surface area contributed by atoms with Crippen molar-refractivity contribution < 1.29 is 13.2 Å². The highest BCUT2D eigenvalue weighted by Crippen LogP contribution is 2.37. The number of hydrogen-bond acceptors (Lipinski definition) is 1. The van der Waals surface area contributed by atoms with Crippen LogP contribution in [0, 0.1) is 11.6 Å². The molecule has 0 radical (unpaired) electrons. The van der Waals surface area contributed by atoms with Crippen molar-refractivity contribution in [2.45, 2.75) is 4.83 Å². The minimum absolute atomic E-state index is 0.110. The van der Waals surface area contributed by atoms with Gasteiger partial charge in [-0.2, -0.15) is 0 Å². The minimum Gasteiger partial charge on any atom is -0.448 e. The first-order valence-corrected chi connectivity index (χ1v) is 6.20. The lowest BCUT2D eigenvalue weighted by molar-refractivity contribution is 0.503. The van der Waals surface area contributed by atoms with Crippen LogP contribution in [0.3, 0.4) is 0 Å². The van der Waals surface area contributed by atoms with E-state index in [0.29, 0.717) is 11.3 Å². The molecule has 1 aromatic heterocycles. The van der Waals surface area contributed by atoms with Crippen LogP contribution in [0.1, 0.15) is 16.2 Å². The molecule has 0 aliphatic rings. The van der Waals surface area contributed by atoms with E-state index in [2.05, 4.69) is 15.9 Å². The Morgan fingerprint density at radius 3 is 2.35 bits per heavy atom. The molecule has 0 saturated carbocycles. The molecule has 2 aromatic rings. The van der Waals surface area contributed by atoms with Crippen LogP contribution in [0.15, 0.2) is 28.7 Å². The van der Waals surface area contributed by atoms with Crippen molar-refractivity contribution in [1.29, 1.82) is 0 Å². The number of halogens is 5. The van der Waals surface area contributed by atoms with Crippen molar-refractivity contribution in [3.63, 3.8) is 0 Å². The molecule has 0 aliphatic carbocycles. The molecule has 1 unspecified atom stereocenters. The van der Waals surface area contributed by atoms with Crippen molar-refractivity contribution >= 4 is 39.1 Å². The van der Waals surface area contributed by atoms with Crippen molar-refractivity contribution in [2.75, 3.05) is 0 Å². The van der Waals surface area contributed by atoms with E-state index in [9.17, 15) is 8.78 Å². The Bertz CT molecular complexity index is 556. The van der Waals surface area contributed by atoms with Crippen LogP contribution in [0.25, 0.3) is 0 Å². The van der Waals surface area contributed by atoms with Crippen LogP contribution in [0.5, 0.6) is 0 Å². The predicted molar refractivity (Wildman–Crippen MR) is 65.9 cm³/mol. The maximum atomic E-state index is 13.1. The molecule has 1 atom stereocenters. The van der Waals surface area contributed by atoms with E-state index in [1.165, 1.54) is 0 Å². The third-order valence-corrected chi connectivity index (χ3v) is 3.63. The maximum Gasteiger partial charge on any atom is 0.193 e. The number of hydrogen-bond donors (Lipinski definition) is 0. The van der Waals surface area contributed by atoms with Crippen molar-refractivity contribution in [2.24, 2.45) is 0 Å². The van der Waals surface area contributed by atoms with Gasteiger partial charge >= 0.3 is 0 Å². The average Bonchev–Trinajstić information content (AvgIpc) is 2.69. The second kappa shape index (κ2) is 4.96. The van der Waals surface area contributed by atoms with Crippen LogP contribution >= 0.6 is 39.1 Å². The summed E-state index contributed by atoms with van der Waals surface area (Å²) < 4.78 is 31.2. The standard InChI is InChI=1S/C11H5BrCl2F2O/c12-11(9-1-2-10(14)17-9)5-3-7(15)8(16)4-6(5)13/h1-4,11H. The van der Waals surface area contributed by atoms with Gasteiger partial charge in [0.1, 0.15) is 5.76 Å². The first-order chi connectivity index (χ1) is 7.99. The quantitative estimate of drug-likeness (QED) is 0.530. The Balaban J connectivity index is 2.43. The van der Waals surface area contributed by atoms with E-state index in [1.807, 2.05) is 0 Å². The molecule has 0 aliphatic heterocycles. The Morgan fingerprint density at radius 2 is 1.76 bits per heavy atom. The van der Waals surface area contributed by atoms with Crippen molar-refractivity contribution in [3.05, 3.63) is 57.5 Å². The van der Waals surface area contributed by atoms with E-state index in [0.717, 1.165) is 12.1 Å². The molecule has 0 bridgehead atoms. The van der Waals surface area contributed by atoms with Crippen LogP contribution in [0.2, 0.25) is 10.2 Å². The summed E-state index contributed by atoms with van der Waals surface area (Å²) in [5.41, 5.74) is 0.372. The predicted octanol–water partition coefficient (Wildman–Crippen LogP) is 5.35. The summed E-state index contributed by atoms with van der Waals surface area (Å²) in [5.74, 6) is -1.50. The van der Waals surface area contributed by atoms with Crippen LogP contribution in [-0.2, 0) is 0 Å². The topological polar surface area (TPSA) is 13.1 Å². The highest BCUT2D eigenvalue weighted by Gasteiger charge is 2.19. The number of furan rings is 1. The number of rotatable bonds is 2. The smallest absolute Gasteiger partial charge is 0.193 e. The average molecular weight is 342 g/mol. The molecule has 17 heavy (non-hydrogen) atoms. The highest BCUT2D eigenvalue weighted by molar-refractivity contribution is 9.09. The summed E-state index contributed by atoms with van der Waals surface area (Å²) in [5, 5.41) is 0.321. The molecule has 0 saturated heterocycles. The number of alkyl halides is 1. The van der Waals surface area contributed by atoms with Crippen LogP contribution in [-0.4, -0.2) is 0 Å². The van der Waals surface area contributed by atoms with E-state index in [4.69, 9.17) is 27.6 Å². The Hall–Kier alpha value is -0.580. The summed E-state index contributed by atoms with van der Waals surface area (Å²) in [6.07, 6.45) is 0. The maximum absolute atomic E-state index is 13.1. The molecule has 6 heteroatoms. The van der Waals surface area contributed by atoms with Gasteiger partial charge < -0.3 is 4.42 Å². The van der Waals surface area contributed by atoms with Crippen molar-refractivity contribution in [3.8, 4) is 0 Å². The summed E-state index contributed by atoms with van der Waals surface area (Å²) in [6, 6.07) is 5.12. The Labute approximate surface area is 114 Å². The van der Waals surface area contributed by atoms with Gasteiger partial charge in [-0.25, -0.2) is 8.78 Å². The van der Waals surface area contributed by atoms with Gasteiger partial charge in [0.05, 0.1) is 4.83 Å². The Kier molecular flexibility index (Phi) is 3.76. The van der Waals surface area contributed by atoms with Gasteiger partial charge in [-0.05, 0) is 41.4 Å². The Morgan fingerprint density at radius 1 is 1.12 bits per heavy atom. The monoisotopic (exact) mass is 340 g/mol. The van der Waals surface area contributed by atoms with Gasteiger partial charge in [0.25, 0.3) is 0 Å². The zero-order valence-electron chi connectivity index (χ0n) is 8.18. The lowest BCUT2D eigenvalue weighted by atomic mass is 10.1. The van der Waals surface area contributed by atoms with E-state index >= 15 is 0 Å². The fraction of sp³-hybridized carbons (Fsp3) is 0.0909. The minimum atomic E-state index is -0.990. The summed E-state index contributed by atoms with van der Waals surface area (Å²) in [4.78, 5) is -0.488. The molecule has 1 heterocycles. The van der Waals surface area contributed by atoms with Crippen LogP contribution < -0.4 is 0 Å². The normalized spacial score (nSPS) is 12.8. The molecule has 2 rings (SSSR count). The fourth-order valence-corrected chi connectivity index (χ4v) is 2.52. The fourth-order valence-electron chi connectivity index (χ4n) is 1.35. The molecule has 0 fully saturated rings. The SMILES string of the molecule is Fc1cc(Cl)c(C(Br)c2ccc(Cl)o2)cc1F. The third kappa shape index (κ3) is 2.64. The zero-order chi connectivity index (χ0) is 12.6. The van der Waals surface area contributed by atoms with Gasteiger partial charge in [0, 0.05) is 5.02 Å². The van der Waals surface area contributed by atoms with E-state index in [1.54, 1.807) is 12.1 Å². The molecule has 90 valence electrons. The first kappa shape index (κ1) is 12.9. The second-order valence-corrected chi connectivity index (χ2v) is 4.99. The largest absolute Gasteiger partial charge is 0.448 e. The van der Waals surface area contributed by atoms with E-state index in [-0.39, 0.29) is 10.2 Å². The lowest BCUT2D eigenvalue weighted by Gasteiger charge is -2.10.